The van der Waals surface area contributed by atoms with Crippen LogP contribution in [-0.4, -0.2) is 10.9 Å². The van der Waals surface area contributed by atoms with E-state index in [9.17, 15) is 9.18 Å². The number of carbonyl (C=O) groups excluding carboxylic acids is 1. The zero-order valence-corrected chi connectivity index (χ0v) is 11.4. The van der Waals surface area contributed by atoms with Crippen LogP contribution in [0.4, 0.5) is 10.1 Å². The molecule has 0 fully saturated rings. The average molecular weight is 280 g/mol. The van der Waals surface area contributed by atoms with Gasteiger partial charge >= 0.3 is 0 Å². The third-order valence-electron chi connectivity index (χ3n) is 3.28. The van der Waals surface area contributed by atoms with Crippen molar-refractivity contribution in [1.82, 2.24) is 4.98 Å². The van der Waals surface area contributed by atoms with Crippen LogP contribution in [-0.2, 0) is 0 Å². The molecule has 0 radical (unpaired) electrons. The van der Waals surface area contributed by atoms with Gasteiger partial charge in [0.1, 0.15) is 11.5 Å². The van der Waals surface area contributed by atoms with Gasteiger partial charge in [0.2, 0.25) is 0 Å². The molecular formula is C17H13FN2O. The molecule has 0 aliphatic carbocycles. The van der Waals surface area contributed by atoms with Gasteiger partial charge in [-0.05, 0) is 36.8 Å². The number of hydrogen-bond donors (Lipinski definition) is 1. The Bertz CT molecular complexity index is 830. The van der Waals surface area contributed by atoms with E-state index in [-0.39, 0.29) is 11.7 Å². The SMILES string of the molecule is Cc1ccc(F)cc1NC(=O)c1ccc2ccccc2n1. The Labute approximate surface area is 121 Å². The van der Waals surface area contributed by atoms with E-state index >= 15 is 0 Å². The summed E-state index contributed by atoms with van der Waals surface area (Å²) in [6.07, 6.45) is 0. The number of nitrogens with one attached hydrogen (secondary N) is 1. The Hall–Kier alpha value is -2.75. The van der Waals surface area contributed by atoms with Crippen molar-refractivity contribution in [3.63, 3.8) is 0 Å². The van der Waals surface area contributed by atoms with Gasteiger partial charge in [0.05, 0.1) is 5.52 Å². The first-order valence-corrected chi connectivity index (χ1v) is 6.57. The van der Waals surface area contributed by atoms with Crippen LogP contribution in [0.25, 0.3) is 10.9 Å². The number of para-hydroxylation sites is 1. The quantitative estimate of drug-likeness (QED) is 0.772. The Kier molecular flexibility index (Phi) is 3.36. The van der Waals surface area contributed by atoms with Crippen LogP contribution in [0.3, 0.4) is 0 Å². The second-order valence-corrected chi connectivity index (χ2v) is 4.80. The van der Waals surface area contributed by atoms with Crippen molar-refractivity contribution in [3.8, 4) is 0 Å². The molecule has 1 heterocycles. The molecule has 1 amide bonds. The number of rotatable bonds is 2. The average Bonchev–Trinajstić information content (AvgIpc) is 2.50. The lowest BCUT2D eigenvalue weighted by molar-refractivity contribution is 0.102. The van der Waals surface area contributed by atoms with E-state index in [0.29, 0.717) is 11.4 Å². The standard InChI is InChI=1S/C17H13FN2O/c1-11-6-8-13(18)10-16(11)20-17(21)15-9-7-12-4-2-3-5-14(12)19-15/h2-10H,1H3,(H,20,21). The summed E-state index contributed by atoms with van der Waals surface area (Å²) >= 11 is 0. The van der Waals surface area contributed by atoms with Crippen molar-refractivity contribution in [2.45, 2.75) is 6.92 Å². The second kappa shape index (κ2) is 5.32. The summed E-state index contributed by atoms with van der Waals surface area (Å²) in [6, 6.07) is 15.3. The second-order valence-electron chi connectivity index (χ2n) is 4.80. The number of pyridine rings is 1. The third kappa shape index (κ3) is 2.74. The van der Waals surface area contributed by atoms with Gasteiger partial charge in [0.15, 0.2) is 0 Å². The number of anilines is 1. The van der Waals surface area contributed by atoms with Gasteiger partial charge in [-0.15, -0.1) is 0 Å². The Morgan fingerprint density at radius 3 is 2.76 bits per heavy atom. The largest absolute Gasteiger partial charge is 0.320 e. The lowest BCUT2D eigenvalue weighted by atomic mass is 10.1. The highest BCUT2D eigenvalue weighted by molar-refractivity contribution is 6.04. The summed E-state index contributed by atoms with van der Waals surface area (Å²) in [4.78, 5) is 16.5. The summed E-state index contributed by atoms with van der Waals surface area (Å²) < 4.78 is 13.2. The maximum absolute atomic E-state index is 13.2. The van der Waals surface area contributed by atoms with Crippen molar-refractivity contribution in [2.75, 3.05) is 5.32 Å². The molecule has 4 heteroatoms. The van der Waals surface area contributed by atoms with Crippen LogP contribution in [0.2, 0.25) is 0 Å². The highest BCUT2D eigenvalue weighted by Gasteiger charge is 2.10. The van der Waals surface area contributed by atoms with E-state index in [1.807, 2.05) is 37.3 Å². The van der Waals surface area contributed by atoms with Gasteiger partial charge < -0.3 is 5.32 Å². The zero-order valence-electron chi connectivity index (χ0n) is 11.4. The van der Waals surface area contributed by atoms with Crippen molar-refractivity contribution in [1.29, 1.82) is 0 Å². The molecule has 3 rings (SSSR count). The van der Waals surface area contributed by atoms with Gasteiger partial charge in [0, 0.05) is 11.1 Å². The fourth-order valence-electron chi connectivity index (χ4n) is 2.11. The van der Waals surface area contributed by atoms with Crippen LogP contribution in [0.5, 0.6) is 0 Å². The molecule has 3 nitrogen and oxygen atoms in total. The van der Waals surface area contributed by atoms with E-state index < -0.39 is 0 Å². The molecule has 0 saturated carbocycles. The first-order valence-electron chi connectivity index (χ1n) is 6.57. The lowest BCUT2D eigenvalue weighted by Gasteiger charge is -2.08. The van der Waals surface area contributed by atoms with E-state index in [0.717, 1.165) is 16.5 Å². The van der Waals surface area contributed by atoms with E-state index in [2.05, 4.69) is 10.3 Å². The minimum absolute atomic E-state index is 0.303. The predicted molar refractivity (Wildman–Crippen MR) is 80.8 cm³/mol. The van der Waals surface area contributed by atoms with Crippen LogP contribution >= 0.6 is 0 Å². The molecular weight excluding hydrogens is 267 g/mol. The lowest BCUT2D eigenvalue weighted by Crippen LogP contribution is -2.14. The highest BCUT2D eigenvalue weighted by atomic mass is 19.1. The van der Waals surface area contributed by atoms with Crippen molar-refractivity contribution < 1.29 is 9.18 Å². The fourth-order valence-corrected chi connectivity index (χ4v) is 2.11. The summed E-state index contributed by atoms with van der Waals surface area (Å²) in [6.45, 7) is 1.81. The monoisotopic (exact) mass is 280 g/mol. The molecule has 0 aliphatic heterocycles. The zero-order chi connectivity index (χ0) is 14.8. The number of halogens is 1. The Balaban J connectivity index is 1.91. The predicted octanol–water partition coefficient (Wildman–Crippen LogP) is 3.93. The van der Waals surface area contributed by atoms with E-state index in [1.54, 1.807) is 12.1 Å². The van der Waals surface area contributed by atoms with Gasteiger partial charge in [0.25, 0.3) is 5.91 Å². The molecule has 2 aromatic carbocycles. The van der Waals surface area contributed by atoms with Crippen LogP contribution < -0.4 is 5.32 Å². The van der Waals surface area contributed by atoms with Crippen LogP contribution in [0.1, 0.15) is 16.1 Å². The number of benzene rings is 2. The smallest absolute Gasteiger partial charge is 0.274 e. The molecule has 0 bridgehead atoms. The van der Waals surface area contributed by atoms with Crippen molar-refractivity contribution in [3.05, 3.63) is 71.7 Å². The molecule has 0 unspecified atom stereocenters. The number of carbonyl (C=O) groups is 1. The van der Waals surface area contributed by atoms with E-state index in [1.165, 1.54) is 12.1 Å². The van der Waals surface area contributed by atoms with Crippen molar-refractivity contribution >= 4 is 22.5 Å². The van der Waals surface area contributed by atoms with Gasteiger partial charge in [-0.25, -0.2) is 9.37 Å². The summed E-state index contributed by atoms with van der Waals surface area (Å²) in [5.41, 5.74) is 2.30. The van der Waals surface area contributed by atoms with E-state index in [4.69, 9.17) is 0 Å². The van der Waals surface area contributed by atoms with Crippen molar-refractivity contribution in [2.24, 2.45) is 0 Å². The molecule has 1 aromatic heterocycles. The van der Waals surface area contributed by atoms with Crippen LogP contribution in [0, 0.1) is 12.7 Å². The summed E-state index contributed by atoms with van der Waals surface area (Å²) in [5, 5.41) is 3.66. The number of hydrogen-bond acceptors (Lipinski definition) is 2. The summed E-state index contributed by atoms with van der Waals surface area (Å²) in [7, 11) is 0. The highest BCUT2D eigenvalue weighted by Crippen LogP contribution is 2.18. The fraction of sp³-hybridized carbons (Fsp3) is 0.0588. The molecule has 1 N–H and O–H groups in total. The maximum atomic E-state index is 13.2. The first kappa shape index (κ1) is 13.2. The molecule has 0 aliphatic rings. The minimum atomic E-state index is -0.387. The molecule has 3 aromatic rings. The number of nitrogens with zero attached hydrogens (tertiary/aromatic N) is 1. The number of aromatic nitrogens is 1. The molecule has 104 valence electrons. The normalized spacial score (nSPS) is 10.6. The number of fused-ring (bicyclic) bond motifs is 1. The minimum Gasteiger partial charge on any atom is -0.320 e. The molecule has 21 heavy (non-hydrogen) atoms. The van der Waals surface area contributed by atoms with Crippen LogP contribution in [0.15, 0.2) is 54.6 Å². The first-order chi connectivity index (χ1) is 10.1. The Morgan fingerprint density at radius 2 is 1.90 bits per heavy atom. The van der Waals surface area contributed by atoms with Gasteiger partial charge in [-0.1, -0.05) is 30.3 Å². The van der Waals surface area contributed by atoms with Gasteiger partial charge in [-0.2, -0.15) is 0 Å². The number of aryl methyl sites for hydroxylation is 1. The number of amides is 1. The molecule has 0 spiro atoms. The van der Waals surface area contributed by atoms with Gasteiger partial charge in [-0.3, -0.25) is 4.79 Å². The molecule has 0 saturated heterocycles. The maximum Gasteiger partial charge on any atom is 0.274 e. The molecule has 0 atom stereocenters. The topological polar surface area (TPSA) is 42.0 Å². The Morgan fingerprint density at radius 1 is 1.10 bits per heavy atom. The third-order valence-corrected chi connectivity index (χ3v) is 3.28. The summed E-state index contributed by atoms with van der Waals surface area (Å²) in [5.74, 6) is -0.739.